The number of ether oxygens (including phenoxy) is 2. The summed E-state index contributed by atoms with van der Waals surface area (Å²) in [4.78, 5) is 15.1. The molecule has 0 amide bonds. The Morgan fingerprint density at radius 1 is 1.17 bits per heavy atom. The Morgan fingerprint density at radius 2 is 1.92 bits per heavy atom. The number of alkyl halides is 3. The molecule has 1 aromatic carbocycles. The maximum Gasteiger partial charge on any atom is 0.433 e. The van der Waals surface area contributed by atoms with Gasteiger partial charge in [0.15, 0.2) is 17.3 Å². The summed E-state index contributed by atoms with van der Waals surface area (Å²) >= 11 is 0. The Bertz CT molecular complexity index is 712. The molecule has 0 aliphatic carbocycles. The standard InChI is InChI=1S/C17H16F3NO3/c1-3-13(22)12-5-6-14(15(8-12)23-2)24-10-11-4-7-16(21-9-11)17(18,19)20/h4-9H,3,10H2,1-2H3. The maximum atomic E-state index is 12.5. The van der Waals surface area contributed by atoms with Gasteiger partial charge in [-0.15, -0.1) is 0 Å². The molecule has 0 unspecified atom stereocenters. The van der Waals surface area contributed by atoms with E-state index in [1.807, 2.05) is 0 Å². The second-order valence-electron chi connectivity index (χ2n) is 4.98. The van der Waals surface area contributed by atoms with Crippen LogP contribution in [0.5, 0.6) is 11.5 Å². The summed E-state index contributed by atoms with van der Waals surface area (Å²) in [6, 6.07) is 7.00. The van der Waals surface area contributed by atoms with Crippen molar-refractivity contribution in [3.8, 4) is 11.5 Å². The fraction of sp³-hybridized carbons (Fsp3) is 0.294. The molecule has 2 rings (SSSR count). The van der Waals surface area contributed by atoms with Crippen LogP contribution in [0.4, 0.5) is 13.2 Å². The van der Waals surface area contributed by atoms with Gasteiger partial charge in [0.05, 0.1) is 7.11 Å². The van der Waals surface area contributed by atoms with Gasteiger partial charge in [0.2, 0.25) is 0 Å². The largest absolute Gasteiger partial charge is 0.493 e. The Hall–Kier alpha value is -2.57. The van der Waals surface area contributed by atoms with Gasteiger partial charge in [0.1, 0.15) is 12.3 Å². The average molecular weight is 339 g/mol. The number of hydrogen-bond acceptors (Lipinski definition) is 4. The smallest absolute Gasteiger partial charge is 0.433 e. The normalized spacial score (nSPS) is 11.2. The van der Waals surface area contributed by atoms with Crippen LogP contribution < -0.4 is 9.47 Å². The maximum absolute atomic E-state index is 12.5. The number of methoxy groups -OCH3 is 1. The van der Waals surface area contributed by atoms with Crippen molar-refractivity contribution in [1.82, 2.24) is 4.98 Å². The van der Waals surface area contributed by atoms with Crippen molar-refractivity contribution in [3.05, 3.63) is 53.3 Å². The topological polar surface area (TPSA) is 48.4 Å². The number of ketones is 1. The molecule has 0 atom stereocenters. The molecule has 1 aromatic heterocycles. The van der Waals surface area contributed by atoms with Crippen LogP contribution in [0.25, 0.3) is 0 Å². The first-order chi connectivity index (χ1) is 11.3. The summed E-state index contributed by atoms with van der Waals surface area (Å²) in [7, 11) is 1.45. The second-order valence-corrected chi connectivity index (χ2v) is 4.98. The first kappa shape index (κ1) is 17.8. The minimum absolute atomic E-state index is 0.0215. The fourth-order valence-corrected chi connectivity index (χ4v) is 2.00. The van der Waals surface area contributed by atoms with Crippen LogP contribution in [0.15, 0.2) is 36.5 Å². The fourth-order valence-electron chi connectivity index (χ4n) is 2.00. The predicted octanol–water partition coefficient (Wildman–Crippen LogP) is 4.28. The number of pyridine rings is 1. The molecule has 0 radical (unpaired) electrons. The van der Waals surface area contributed by atoms with E-state index in [9.17, 15) is 18.0 Å². The Balaban J connectivity index is 2.10. The number of nitrogens with zero attached hydrogens (tertiary/aromatic N) is 1. The zero-order valence-electron chi connectivity index (χ0n) is 13.2. The van der Waals surface area contributed by atoms with Crippen molar-refractivity contribution in [1.29, 1.82) is 0 Å². The van der Waals surface area contributed by atoms with Gasteiger partial charge >= 0.3 is 6.18 Å². The molecule has 1 heterocycles. The van der Waals surface area contributed by atoms with E-state index in [0.29, 0.717) is 29.0 Å². The van der Waals surface area contributed by atoms with E-state index in [4.69, 9.17) is 9.47 Å². The van der Waals surface area contributed by atoms with Gasteiger partial charge in [0.25, 0.3) is 0 Å². The molecule has 0 N–H and O–H groups in total. The van der Waals surface area contributed by atoms with Gasteiger partial charge < -0.3 is 9.47 Å². The van der Waals surface area contributed by atoms with E-state index in [1.54, 1.807) is 25.1 Å². The molecule has 7 heteroatoms. The molecule has 0 spiro atoms. The van der Waals surface area contributed by atoms with Crippen LogP contribution in [0.1, 0.15) is 35.0 Å². The molecule has 0 aliphatic heterocycles. The first-order valence-electron chi connectivity index (χ1n) is 7.21. The number of carbonyl (C=O) groups is 1. The zero-order chi connectivity index (χ0) is 17.7. The first-order valence-corrected chi connectivity index (χ1v) is 7.21. The molecule has 2 aromatic rings. The van der Waals surface area contributed by atoms with Crippen LogP contribution in [-0.2, 0) is 12.8 Å². The summed E-state index contributed by atoms with van der Waals surface area (Å²) in [5.41, 5.74) is 0.0444. The molecule has 128 valence electrons. The molecular formula is C17H16F3NO3. The summed E-state index contributed by atoms with van der Waals surface area (Å²) in [6.45, 7) is 1.79. The Labute approximate surface area is 137 Å². The van der Waals surface area contributed by atoms with Crippen LogP contribution >= 0.6 is 0 Å². The van der Waals surface area contributed by atoms with Crippen molar-refractivity contribution < 1.29 is 27.4 Å². The monoisotopic (exact) mass is 339 g/mol. The molecule has 0 fully saturated rings. The number of carbonyl (C=O) groups excluding carboxylic acids is 1. The zero-order valence-corrected chi connectivity index (χ0v) is 13.2. The lowest BCUT2D eigenvalue weighted by atomic mass is 10.1. The summed E-state index contributed by atoms with van der Waals surface area (Å²) in [5, 5.41) is 0. The molecule has 0 saturated heterocycles. The highest BCUT2D eigenvalue weighted by Crippen LogP contribution is 2.30. The van der Waals surface area contributed by atoms with Crippen molar-refractivity contribution in [2.45, 2.75) is 26.1 Å². The minimum atomic E-state index is -4.47. The molecule has 0 saturated carbocycles. The Kier molecular flexibility index (Phi) is 5.43. The molecule has 0 aliphatic rings. The molecular weight excluding hydrogens is 323 g/mol. The van der Waals surface area contributed by atoms with E-state index < -0.39 is 11.9 Å². The quantitative estimate of drug-likeness (QED) is 0.737. The van der Waals surface area contributed by atoms with E-state index >= 15 is 0 Å². The van der Waals surface area contributed by atoms with Gasteiger partial charge in [-0.25, -0.2) is 0 Å². The average Bonchev–Trinajstić information content (AvgIpc) is 2.58. The predicted molar refractivity (Wildman–Crippen MR) is 81.2 cm³/mol. The van der Waals surface area contributed by atoms with E-state index in [0.717, 1.165) is 12.3 Å². The second kappa shape index (κ2) is 7.33. The summed E-state index contributed by atoms with van der Waals surface area (Å²) < 4.78 is 48.1. The molecule has 24 heavy (non-hydrogen) atoms. The van der Waals surface area contributed by atoms with E-state index in [2.05, 4.69) is 4.98 Å². The SMILES string of the molecule is CCC(=O)c1ccc(OCc2ccc(C(F)(F)F)nc2)c(OC)c1. The highest BCUT2D eigenvalue weighted by molar-refractivity contribution is 5.96. The number of halogens is 3. The third-order valence-corrected chi connectivity index (χ3v) is 3.32. The summed E-state index contributed by atoms with van der Waals surface area (Å²) in [5.74, 6) is 0.756. The van der Waals surface area contributed by atoms with Crippen LogP contribution in [0.3, 0.4) is 0 Å². The van der Waals surface area contributed by atoms with Crippen LogP contribution in [0, 0.1) is 0 Å². The van der Waals surface area contributed by atoms with Gasteiger partial charge in [-0.3, -0.25) is 9.78 Å². The highest BCUT2D eigenvalue weighted by atomic mass is 19.4. The number of hydrogen-bond donors (Lipinski definition) is 0. The Morgan fingerprint density at radius 3 is 2.46 bits per heavy atom. The lowest BCUT2D eigenvalue weighted by Crippen LogP contribution is -2.08. The number of benzene rings is 1. The summed E-state index contributed by atoms with van der Waals surface area (Å²) in [6.07, 6.45) is -2.98. The number of rotatable bonds is 6. The number of aromatic nitrogens is 1. The van der Waals surface area contributed by atoms with Crippen molar-refractivity contribution in [2.24, 2.45) is 0 Å². The van der Waals surface area contributed by atoms with Crippen molar-refractivity contribution in [2.75, 3.05) is 7.11 Å². The third kappa shape index (κ3) is 4.24. The van der Waals surface area contributed by atoms with Gasteiger partial charge in [-0.1, -0.05) is 13.0 Å². The van der Waals surface area contributed by atoms with Gasteiger partial charge in [0, 0.05) is 23.7 Å². The van der Waals surface area contributed by atoms with Crippen LogP contribution in [0.2, 0.25) is 0 Å². The lowest BCUT2D eigenvalue weighted by molar-refractivity contribution is -0.141. The van der Waals surface area contributed by atoms with Crippen LogP contribution in [-0.4, -0.2) is 17.9 Å². The third-order valence-electron chi connectivity index (χ3n) is 3.32. The highest BCUT2D eigenvalue weighted by Gasteiger charge is 2.32. The molecule has 4 nitrogen and oxygen atoms in total. The van der Waals surface area contributed by atoms with Gasteiger partial charge in [-0.2, -0.15) is 13.2 Å². The van der Waals surface area contributed by atoms with Crippen molar-refractivity contribution in [3.63, 3.8) is 0 Å². The molecule has 0 bridgehead atoms. The van der Waals surface area contributed by atoms with Crippen molar-refractivity contribution >= 4 is 5.78 Å². The lowest BCUT2D eigenvalue weighted by Gasteiger charge is -2.12. The number of Topliss-reactive ketones (excluding diaryl/α,β-unsaturated/α-hetero) is 1. The van der Waals surface area contributed by atoms with E-state index in [-0.39, 0.29) is 12.4 Å². The van der Waals surface area contributed by atoms with E-state index in [1.165, 1.54) is 13.2 Å². The minimum Gasteiger partial charge on any atom is -0.493 e. The van der Waals surface area contributed by atoms with Gasteiger partial charge in [-0.05, 0) is 24.3 Å².